The van der Waals surface area contributed by atoms with E-state index in [4.69, 9.17) is 9.84 Å². The highest BCUT2D eigenvalue weighted by atomic mass is 16.6. The molecule has 0 aliphatic heterocycles. The Morgan fingerprint density at radius 2 is 1.76 bits per heavy atom. The molecule has 232 valence electrons. The summed E-state index contributed by atoms with van der Waals surface area (Å²) < 4.78 is 5.53. The van der Waals surface area contributed by atoms with Crippen LogP contribution in [0.25, 0.3) is 0 Å². The zero-order valence-electron chi connectivity index (χ0n) is 24.9. The molecule has 10 nitrogen and oxygen atoms in total. The molecule has 4 rings (SSSR count). The Bertz CT molecular complexity index is 1090. The number of ether oxygens (including phenoxy) is 1. The molecule has 6 N–H and O–H groups in total. The number of aliphatic hydroxyl groups excluding tert-OH is 2. The molecule has 0 heterocycles. The maximum atomic E-state index is 13.6. The van der Waals surface area contributed by atoms with Crippen molar-refractivity contribution in [3.8, 4) is 0 Å². The molecule has 3 fully saturated rings. The molecular weight excluding hydrogens is 532 g/mol. The fraction of sp³-hybridized carbons (Fsp3) is 0.839. The number of esters is 1. The van der Waals surface area contributed by atoms with Gasteiger partial charge in [-0.05, 0) is 101 Å². The smallest absolute Gasteiger partial charge is 0.306 e. The van der Waals surface area contributed by atoms with Crippen molar-refractivity contribution in [1.29, 1.82) is 0 Å². The minimum Gasteiger partial charge on any atom is -0.481 e. The number of aliphatic hydroxyl groups is 5. The van der Waals surface area contributed by atoms with Crippen molar-refractivity contribution in [3.63, 3.8) is 0 Å². The summed E-state index contributed by atoms with van der Waals surface area (Å²) in [6.07, 6.45) is 0.485. The number of carbonyl (C=O) groups excluding carboxylic acids is 2. The van der Waals surface area contributed by atoms with Crippen molar-refractivity contribution in [2.75, 3.05) is 0 Å². The van der Waals surface area contributed by atoms with Crippen LogP contribution in [0.3, 0.4) is 0 Å². The molecule has 0 aromatic rings. The van der Waals surface area contributed by atoms with E-state index in [1.165, 1.54) is 0 Å². The molecule has 10 atom stereocenters. The summed E-state index contributed by atoms with van der Waals surface area (Å²) in [6.45, 7) is 8.77. The molecule has 3 saturated carbocycles. The lowest BCUT2D eigenvalue weighted by molar-refractivity contribution is -0.184. The van der Waals surface area contributed by atoms with Crippen molar-refractivity contribution in [2.24, 2.45) is 28.6 Å². The van der Waals surface area contributed by atoms with Gasteiger partial charge in [0, 0.05) is 11.3 Å². The first kappa shape index (κ1) is 32.1. The van der Waals surface area contributed by atoms with Crippen molar-refractivity contribution in [1.82, 2.24) is 0 Å². The summed E-state index contributed by atoms with van der Waals surface area (Å²) in [4.78, 5) is 36.8. The van der Waals surface area contributed by atoms with Crippen molar-refractivity contribution < 1.29 is 49.8 Å². The second-order valence-electron chi connectivity index (χ2n) is 14.5. The van der Waals surface area contributed by atoms with E-state index in [9.17, 15) is 39.9 Å². The van der Waals surface area contributed by atoms with Crippen LogP contribution in [0.5, 0.6) is 0 Å². The van der Waals surface area contributed by atoms with Crippen LogP contribution >= 0.6 is 0 Å². The van der Waals surface area contributed by atoms with E-state index in [2.05, 4.69) is 0 Å². The van der Waals surface area contributed by atoms with Crippen LogP contribution in [0.2, 0.25) is 0 Å². The lowest BCUT2D eigenvalue weighted by atomic mass is 9.45. The van der Waals surface area contributed by atoms with E-state index < -0.39 is 69.7 Å². The van der Waals surface area contributed by atoms with Gasteiger partial charge in [0.05, 0.1) is 41.9 Å². The average Bonchev–Trinajstić information content (AvgIpc) is 3.14. The maximum Gasteiger partial charge on any atom is 0.306 e. The maximum absolute atomic E-state index is 13.6. The zero-order chi connectivity index (χ0) is 30.8. The number of hydrogen-bond acceptors (Lipinski definition) is 9. The molecule has 4 aliphatic carbocycles. The number of carbonyl (C=O) groups is 3. The van der Waals surface area contributed by atoms with Gasteiger partial charge in [-0.3, -0.25) is 14.4 Å². The minimum atomic E-state index is -1.53. The number of rotatable bonds is 9. The van der Waals surface area contributed by atoms with Gasteiger partial charge in [-0.1, -0.05) is 13.8 Å². The molecule has 4 aliphatic rings. The van der Waals surface area contributed by atoms with Gasteiger partial charge in [-0.25, -0.2) is 0 Å². The largest absolute Gasteiger partial charge is 0.481 e. The molecule has 41 heavy (non-hydrogen) atoms. The Labute approximate surface area is 241 Å². The van der Waals surface area contributed by atoms with E-state index in [1.54, 1.807) is 26.8 Å². The zero-order valence-corrected chi connectivity index (χ0v) is 24.9. The van der Waals surface area contributed by atoms with Crippen LogP contribution in [0.15, 0.2) is 11.6 Å². The highest BCUT2D eigenvalue weighted by molar-refractivity contribution is 5.95. The number of allylic oxidation sites excluding steroid dienone is 1. The highest BCUT2D eigenvalue weighted by Crippen LogP contribution is 2.68. The summed E-state index contributed by atoms with van der Waals surface area (Å²) in [7, 11) is 0. The number of aliphatic carboxylic acids is 1. The number of ketones is 1. The van der Waals surface area contributed by atoms with E-state index in [-0.39, 0.29) is 43.8 Å². The molecule has 0 unspecified atom stereocenters. The molecule has 0 amide bonds. The predicted octanol–water partition coefficient (Wildman–Crippen LogP) is 2.27. The van der Waals surface area contributed by atoms with Crippen LogP contribution in [0, 0.1) is 28.6 Å². The first-order chi connectivity index (χ1) is 18.8. The summed E-state index contributed by atoms with van der Waals surface area (Å²) in [5.41, 5.74) is -4.84. The Balaban J connectivity index is 1.60. The minimum absolute atomic E-state index is 0.104. The monoisotopic (exact) mass is 580 g/mol. The van der Waals surface area contributed by atoms with Crippen molar-refractivity contribution in [3.05, 3.63) is 11.6 Å². The first-order valence-corrected chi connectivity index (χ1v) is 15.0. The summed E-state index contributed by atoms with van der Waals surface area (Å²) in [5, 5.41) is 64.9. The molecule has 0 radical (unpaired) electrons. The van der Waals surface area contributed by atoms with Crippen LogP contribution in [0.4, 0.5) is 0 Å². The van der Waals surface area contributed by atoms with Gasteiger partial charge in [-0.15, -0.1) is 0 Å². The average molecular weight is 581 g/mol. The fourth-order valence-electron chi connectivity index (χ4n) is 8.86. The quantitative estimate of drug-likeness (QED) is 0.221. The Kier molecular flexibility index (Phi) is 8.37. The van der Waals surface area contributed by atoms with Crippen LogP contribution in [0.1, 0.15) is 98.8 Å². The molecule has 0 bridgehead atoms. The summed E-state index contributed by atoms with van der Waals surface area (Å²) in [5.74, 6) is -3.22. The van der Waals surface area contributed by atoms with Gasteiger partial charge in [0.15, 0.2) is 5.78 Å². The van der Waals surface area contributed by atoms with Gasteiger partial charge >= 0.3 is 11.9 Å². The molecule has 0 spiro atoms. The SMILES string of the molecule is CC(C)(O)CC[C@@H](O)[C@](C)(O)[C@H]1CC[C@@]2(O)C3=CC(=O)[C@@H]4C[C@@H](O)[C@@H](OC(=O)CCC(=O)O)C[C@]4(C)[C@H]3CC[C@]12C. The Hall–Kier alpha value is -1.85. The third-order valence-electron chi connectivity index (χ3n) is 11.3. The van der Waals surface area contributed by atoms with Crippen molar-refractivity contribution >= 4 is 17.7 Å². The summed E-state index contributed by atoms with van der Waals surface area (Å²) in [6, 6.07) is 0. The van der Waals surface area contributed by atoms with Crippen LogP contribution in [-0.4, -0.2) is 83.5 Å². The van der Waals surface area contributed by atoms with Crippen molar-refractivity contribution in [2.45, 2.75) is 134 Å². The molecule has 0 saturated heterocycles. The molecule has 0 aromatic carbocycles. The first-order valence-electron chi connectivity index (χ1n) is 15.0. The second-order valence-corrected chi connectivity index (χ2v) is 14.5. The number of fused-ring (bicyclic) bond motifs is 5. The normalized spacial score (nSPS) is 40.9. The predicted molar refractivity (Wildman–Crippen MR) is 147 cm³/mol. The van der Waals surface area contributed by atoms with Gasteiger partial charge < -0.3 is 35.4 Å². The number of carboxylic acids is 1. The number of hydrogen-bond donors (Lipinski definition) is 6. The topological polar surface area (TPSA) is 182 Å². The number of carboxylic acid groups (broad SMARTS) is 1. The van der Waals surface area contributed by atoms with Gasteiger partial charge in [0.2, 0.25) is 0 Å². The third kappa shape index (κ3) is 5.51. The Morgan fingerprint density at radius 1 is 1.10 bits per heavy atom. The van der Waals surface area contributed by atoms with Crippen LogP contribution in [-0.2, 0) is 19.1 Å². The highest BCUT2D eigenvalue weighted by Gasteiger charge is 2.69. The molecular formula is C31H48O10. The van der Waals surface area contributed by atoms with E-state index in [0.717, 1.165) is 0 Å². The lowest BCUT2D eigenvalue weighted by Gasteiger charge is -2.60. The van der Waals surface area contributed by atoms with Gasteiger partial charge in [0.25, 0.3) is 0 Å². The van der Waals surface area contributed by atoms with Crippen LogP contribution < -0.4 is 0 Å². The molecule has 10 heteroatoms. The Morgan fingerprint density at radius 3 is 2.37 bits per heavy atom. The standard InChI is InChI=1S/C31H48O10/c1-27(2,38)11-10-24(34)30(5,39)23-9-13-31(40)18-14-20(32)19-15-21(33)22(41-26(37)7-6-25(35)36)16-28(19,3)17(18)8-12-29(23,31)4/h14,17,19,21-24,33-34,38-40H,6-13,15-16H2,1-5H3,(H,35,36)/t17-,19-,21+,22-,23-,24+,28+,29+,30+,31+/m0/s1. The lowest BCUT2D eigenvalue weighted by Crippen LogP contribution is -2.63. The van der Waals surface area contributed by atoms with E-state index in [0.29, 0.717) is 37.7 Å². The van der Waals surface area contributed by atoms with Gasteiger partial charge in [-0.2, -0.15) is 0 Å². The van der Waals surface area contributed by atoms with E-state index >= 15 is 0 Å². The van der Waals surface area contributed by atoms with E-state index in [1.807, 2.05) is 13.8 Å². The van der Waals surface area contributed by atoms with Gasteiger partial charge in [0.1, 0.15) is 6.10 Å². The third-order valence-corrected chi connectivity index (χ3v) is 11.3. The summed E-state index contributed by atoms with van der Waals surface area (Å²) >= 11 is 0. The molecule has 0 aromatic heterocycles. The second kappa shape index (κ2) is 10.7. The fourth-order valence-corrected chi connectivity index (χ4v) is 8.86.